The van der Waals surface area contributed by atoms with Gasteiger partial charge in [0.25, 0.3) is 0 Å². The lowest BCUT2D eigenvalue weighted by molar-refractivity contribution is -0.142. The van der Waals surface area contributed by atoms with E-state index in [4.69, 9.17) is 5.11 Å². The van der Waals surface area contributed by atoms with Crippen LogP contribution in [0.15, 0.2) is 22.7 Å². The zero-order chi connectivity index (χ0) is 14.9. The molecule has 0 spiro atoms. The molecule has 2 rings (SSSR count). The molecule has 6 heteroatoms. The molecule has 108 valence electrons. The van der Waals surface area contributed by atoms with Crippen molar-refractivity contribution in [2.24, 2.45) is 11.8 Å². The monoisotopic (exact) mass is 340 g/mol. The third kappa shape index (κ3) is 3.12. The van der Waals surface area contributed by atoms with E-state index in [9.17, 15) is 9.59 Å². The Morgan fingerprint density at radius 2 is 2.10 bits per heavy atom. The number of carbonyl (C=O) groups excluding carboxylic acids is 1. The molecule has 2 atom stereocenters. The van der Waals surface area contributed by atoms with Crippen LogP contribution in [0.2, 0.25) is 0 Å². The van der Waals surface area contributed by atoms with Crippen molar-refractivity contribution in [2.75, 3.05) is 18.4 Å². The maximum atomic E-state index is 12.2. The zero-order valence-corrected chi connectivity index (χ0v) is 13.0. The minimum absolute atomic E-state index is 0.0261. The molecule has 0 radical (unpaired) electrons. The Hall–Kier alpha value is -1.56. The topological polar surface area (TPSA) is 69.6 Å². The molecule has 1 aliphatic rings. The first kappa shape index (κ1) is 14.8. The number of halogens is 1. The van der Waals surface area contributed by atoms with Crippen LogP contribution in [0.3, 0.4) is 0 Å². The van der Waals surface area contributed by atoms with Gasteiger partial charge < -0.3 is 15.3 Å². The van der Waals surface area contributed by atoms with E-state index in [1.165, 1.54) is 0 Å². The van der Waals surface area contributed by atoms with E-state index in [0.29, 0.717) is 6.54 Å². The summed E-state index contributed by atoms with van der Waals surface area (Å²) in [5, 5.41) is 11.9. The molecule has 2 amide bonds. The summed E-state index contributed by atoms with van der Waals surface area (Å²) >= 11 is 3.37. The first-order valence-electron chi connectivity index (χ1n) is 6.43. The zero-order valence-electron chi connectivity index (χ0n) is 11.4. The Kier molecular flexibility index (Phi) is 4.32. The molecule has 2 N–H and O–H groups in total. The minimum atomic E-state index is -0.841. The summed E-state index contributed by atoms with van der Waals surface area (Å²) in [5.41, 5.74) is 1.69. The van der Waals surface area contributed by atoms with Crippen molar-refractivity contribution in [2.45, 2.75) is 13.8 Å². The van der Waals surface area contributed by atoms with Crippen molar-refractivity contribution >= 4 is 33.6 Å². The standard InChI is InChI=1S/C14H17BrN2O3/c1-8-3-4-10(15)5-12(8)16-14(20)17-6-9(2)11(7-17)13(18)19/h3-5,9,11H,6-7H2,1-2H3,(H,16,20)(H,18,19)/t9-,11-/m1/s1. The number of benzene rings is 1. The maximum Gasteiger partial charge on any atom is 0.321 e. The Bertz CT molecular complexity index is 547. The van der Waals surface area contributed by atoms with Crippen LogP contribution in [0.4, 0.5) is 10.5 Å². The number of aliphatic carboxylic acids is 1. The van der Waals surface area contributed by atoms with Crippen LogP contribution < -0.4 is 5.32 Å². The predicted octanol–water partition coefficient (Wildman–Crippen LogP) is 2.94. The Balaban J connectivity index is 2.06. The fourth-order valence-electron chi connectivity index (χ4n) is 2.38. The summed E-state index contributed by atoms with van der Waals surface area (Å²) in [4.78, 5) is 24.8. The number of amides is 2. The number of aryl methyl sites for hydroxylation is 1. The van der Waals surface area contributed by atoms with Crippen LogP contribution in [0.1, 0.15) is 12.5 Å². The number of rotatable bonds is 2. The van der Waals surface area contributed by atoms with Gasteiger partial charge in [-0.3, -0.25) is 4.79 Å². The summed E-state index contributed by atoms with van der Waals surface area (Å²) in [6.07, 6.45) is 0. The predicted molar refractivity (Wildman–Crippen MR) is 79.8 cm³/mol. The molecule has 0 aromatic heterocycles. The average molecular weight is 341 g/mol. The highest BCUT2D eigenvalue weighted by Gasteiger charge is 2.37. The molecular weight excluding hydrogens is 324 g/mol. The van der Waals surface area contributed by atoms with E-state index in [1.54, 1.807) is 4.90 Å². The molecule has 1 heterocycles. The average Bonchev–Trinajstić information content (AvgIpc) is 2.76. The Morgan fingerprint density at radius 1 is 1.40 bits per heavy atom. The van der Waals surface area contributed by atoms with Crippen molar-refractivity contribution in [1.82, 2.24) is 4.90 Å². The maximum absolute atomic E-state index is 12.2. The van der Waals surface area contributed by atoms with Crippen molar-refractivity contribution in [3.8, 4) is 0 Å². The van der Waals surface area contributed by atoms with Crippen molar-refractivity contribution in [1.29, 1.82) is 0 Å². The SMILES string of the molecule is Cc1ccc(Br)cc1NC(=O)N1C[C@@H](C)[C@H](C(=O)O)C1. The smallest absolute Gasteiger partial charge is 0.321 e. The van der Waals surface area contributed by atoms with Crippen LogP contribution >= 0.6 is 15.9 Å². The van der Waals surface area contributed by atoms with Gasteiger partial charge in [0, 0.05) is 23.2 Å². The first-order chi connectivity index (χ1) is 9.38. The number of nitrogens with zero attached hydrogens (tertiary/aromatic N) is 1. The molecule has 0 bridgehead atoms. The third-order valence-electron chi connectivity index (χ3n) is 3.66. The summed E-state index contributed by atoms with van der Waals surface area (Å²) in [6, 6.07) is 5.40. The van der Waals surface area contributed by atoms with Gasteiger partial charge >= 0.3 is 12.0 Å². The van der Waals surface area contributed by atoms with Crippen LogP contribution in [-0.4, -0.2) is 35.1 Å². The third-order valence-corrected chi connectivity index (χ3v) is 4.15. The highest BCUT2D eigenvalue weighted by atomic mass is 79.9. The fourth-order valence-corrected chi connectivity index (χ4v) is 2.74. The molecule has 20 heavy (non-hydrogen) atoms. The lowest BCUT2D eigenvalue weighted by Crippen LogP contribution is -2.34. The number of carbonyl (C=O) groups is 2. The minimum Gasteiger partial charge on any atom is -0.481 e. The summed E-state index contributed by atoms with van der Waals surface area (Å²) in [6.45, 7) is 4.50. The number of likely N-dealkylation sites (tertiary alicyclic amines) is 1. The van der Waals surface area contributed by atoms with Gasteiger partial charge in [0.15, 0.2) is 0 Å². The summed E-state index contributed by atoms with van der Waals surface area (Å²) in [5.74, 6) is -1.35. The second-order valence-corrected chi connectivity index (χ2v) is 6.13. The van der Waals surface area contributed by atoms with Crippen LogP contribution in [-0.2, 0) is 4.79 Å². The molecule has 5 nitrogen and oxygen atoms in total. The van der Waals surface area contributed by atoms with Crippen LogP contribution in [0.5, 0.6) is 0 Å². The van der Waals surface area contributed by atoms with E-state index in [-0.39, 0.29) is 18.5 Å². The normalized spacial score (nSPS) is 21.9. The summed E-state index contributed by atoms with van der Waals surface area (Å²) < 4.78 is 0.886. The molecular formula is C14H17BrN2O3. The van der Waals surface area contributed by atoms with E-state index < -0.39 is 11.9 Å². The lowest BCUT2D eigenvalue weighted by Gasteiger charge is -2.18. The van der Waals surface area contributed by atoms with Gasteiger partial charge in [0.2, 0.25) is 0 Å². The van der Waals surface area contributed by atoms with Crippen molar-refractivity contribution in [3.05, 3.63) is 28.2 Å². The molecule has 1 aliphatic heterocycles. The van der Waals surface area contributed by atoms with Gasteiger partial charge in [-0.15, -0.1) is 0 Å². The summed E-state index contributed by atoms with van der Waals surface area (Å²) in [7, 11) is 0. The van der Waals surface area contributed by atoms with Gasteiger partial charge in [-0.1, -0.05) is 28.9 Å². The number of hydrogen-bond acceptors (Lipinski definition) is 2. The number of hydrogen-bond donors (Lipinski definition) is 2. The van der Waals surface area contributed by atoms with Crippen LogP contribution in [0.25, 0.3) is 0 Å². The lowest BCUT2D eigenvalue weighted by atomic mass is 9.99. The fraction of sp³-hybridized carbons (Fsp3) is 0.429. The molecule has 1 aromatic rings. The quantitative estimate of drug-likeness (QED) is 0.869. The molecule has 1 fully saturated rings. The number of anilines is 1. The molecule has 1 saturated heterocycles. The van der Waals surface area contributed by atoms with Gasteiger partial charge in [0.1, 0.15) is 0 Å². The van der Waals surface area contributed by atoms with Crippen molar-refractivity contribution in [3.63, 3.8) is 0 Å². The van der Waals surface area contributed by atoms with Gasteiger partial charge in [-0.25, -0.2) is 4.79 Å². The Morgan fingerprint density at radius 3 is 2.70 bits per heavy atom. The molecule has 1 aromatic carbocycles. The van der Waals surface area contributed by atoms with Gasteiger partial charge in [0.05, 0.1) is 5.92 Å². The number of nitrogens with one attached hydrogen (secondary N) is 1. The first-order valence-corrected chi connectivity index (χ1v) is 7.22. The highest BCUT2D eigenvalue weighted by Crippen LogP contribution is 2.25. The second kappa shape index (κ2) is 5.83. The van der Waals surface area contributed by atoms with E-state index in [2.05, 4.69) is 21.2 Å². The van der Waals surface area contributed by atoms with Crippen molar-refractivity contribution < 1.29 is 14.7 Å². The number of carboxylic acids is 1. The molecule has 0 aliphatic carbocycles. The van der Waals surface area contributed by atoms with Gasteiger partial charge in [-0.2, -0.15) is 0 Å². The Labute approximate surface area is 126 Å². The largest absolute Gasteiger partial charge is 0.481 e. The molecule has 0 saturated carbocycles. The van der Waals surface area contributed by atoms with Crippen LogP contribution in [0, 0.1) is 18.8 Å². The second-order valence-electron chi connectivity index (χ2n) is 5.22. The molecule has 0 unspecified atom stereocenters. The van der Waals surface area contributed by atoms with Gasteiger partial charge in [-0.05, 0) is 30.5 Å². The number of carboxylic acid groups (broad SMARTS) is 1. The van der Waals surface area contributed by atoms with E-state index in [1.807, 2.05) is 32.0 Å². The van der Waals surface area contributed by atoms with E-state index >= 15 is 0 Å². The number of urea groups is 1. The van der Waals surface area contributed by atoms with E-state index in [0.717, 1.165) is 15.7 Å². The highest BCUT2D eigenvalue weighted by molar-refractivity contribution is 9.10.